The normalized spacial score (nSPS) is 11.5. The van der Waals surface area contributed by atoms with Crippen molar-refractivity contribution in [1.82, 2.24) is 4.98 Å². The Balaban J connectivity index is 1.85. The lowest BCUT2D eigenvalue weighted by molar-refractivity contribution is -0.384. The molecule has 3 aromatic rings. The molecule has 0 saturated heterocycles. The maximum Gasteiger partial charge on any atom is 0.288 e. The van der Waals surface area contributed by atoms with Crippen molar-refractivity contribution in [2.24, 2.45) is 5.10 Å². The third-order valence-corrected chi connectivity index (χ3v) is 3.82. The number of nitro groups is 1. The number of halogens is 1. The van der Waals surface area contributed by atoms with Crippen LogP contribution in [0.4, 0.5) is 11.5 Å². The van der Waals surface area contributed by atoms with E-state index in [1.54, 1.807) is 13.0 Å². The van der Waals surface area contributed by atoms with Crippen LogP contribution in [0.2, 0.25) is 5.02 Å². The summed E-state index contributed by atoms with van der Waals surface area (Å²) in [7, 11) is 0. The number of nitro benzene ring substituents is 1. The minimum Gasteiger partial charge on any atom is -0.261 e. The summed E-state index contributed by atoms with van der Waals surface area (Å²) >= 11 is 5.82. The number of pyridine rings is 1. The highest BCUT2D eigenvalue weighted by atomic mass is 35.5. The van der Waals surface area contributed by atoms with Gasteiger partial charge in [-0.2, -0.15) is 5.10 Å². The molecular weight excluding hydrogens is 328 g/mol. The second-order valence-corrected chi connectivity index (χ2v) is 5.53. The van der Waals surface area contributed by atoms with Crippen LogP contribution in [-0.2, 0) is 0 Å². The number of aromatic nitrogens is 1. The van der Waals surface area contributed by atoms with Crippen molar-refractivity contribution in [2.75, 3.05) is 5.43 Å². The number of hydrogen-bond donors (Lipinski definition) is 1. The smallest absolute Gasteiger partial charge is 0.261 e. The summed E-state index contributed by atoms with van der Waals surface area (Å²) in [5.74, 6) is 0.594. The summed E-state index contributed by atoms with van der Waals surface area (Å²) in [6, 6.07) is 16.1. The molecule has 0 atom stereocenters. The van der Waals surface area contributed by atoms with Gasteiger partial charge in [0.25, 0.3) is 5.69 Å². The quantitative estimate of drug-likeness (QED) is 0.426. The lowest BCUT2D eigenvalue weighted by Crippen LogP contribution is -2.02. The van der Waals surface area contributed by atoms with Gasteiger partial charge >= 0.3 is 0 Å². The van der Waals surface area contributed by atoms with Crippen LogP contribution in [0, 0.1) is 10.1 Å². The van der Waals surface area contributed by atoms with E-state index in [4.69, 9.17) is 11.6 Å². The number of hydrogen-bond acceptors (Lipinski definition) is 5. The molecule has 3 rings (SSSR count). The molecule has 6 nitrogen and oxygen atoms in total. The van der Waals surface area contributed by atoms with Crippen LogP contribution in [0.15, 0.2) is 59.7 Å². The third-order valence-electron chi connectivity index (χ3n) is 3.50. The number of hydrazone groups is 1. The topological polar surface area (TPSA) is 80.4 Å². The molecule has 7 heteroatoms. The molecule has 0 aliphatic rings. The molecule has 2 aromatic carbocycles. The Morgan fingerprint density at radius 1 is 1.21 bits per heavy atom. The van der Waals surface area contributed by atoms with Crippen molar-refractivity contribution in [3.05, 3.63) is 75.3 Å². The Morgan fingerprint density at radius 3 is 2.79 bits per heavy atom. The van der Waals surface area contributed by atoms with E-state index in [1.807, 2.05) is 36.4 Å². The summed E-state index contributed by atoms with van der Waals surface area (Å²) in [6.07, 6.45) is 0. The predicted molar refractivity (Wildman–Crippen MR) is 95.7 cm³/mol. The van der Waals surface area contributed by atoms with Crippen LogP contribution in [0.1, 0.15) is 12.5 Å². The van der Waals surface area contributed by atoms with Crippen LogP contribution in [0.3, 0.4) is 0 Å². The van der Waals surface area contributed by atoms with Gasteiger partial charge < -0.3 is 0 Å². The molecule has 24 heavy (non-hydrogen) atoms. The molecule has 1 aromatic heterocycles. The molecule has 0 aliphatic carbocycles. The Bertz CT molecular complexity index is 956. The molecule has 0 saturated carbocycles. The summed E-state index contributed by atoms with van der Waals surface area (Å²) in [4.78, 5) is 14.9. The number of nitrogens with one attached hydrogen (secondary N) is 1. The first-order valence-corrected chi connectivity index (χ1v) is 7.53. The first kappa shape index (κ1) is 15.9. The van der Waals surface area contributed by atoms with Crippen molar-refractivity contribution in [3.63, 3.8) is 0 Å². The number of rotatable bonds is 4. The lowest BCUT2D eigenvalue weighted by Gasteiger charge is -2.05. The van der Waals surface area contributed by atoms with Gasteiger partial charge in [-0.3, -0.25) is 15.5 Å². The fourth-order valence-electron chi connectivity index (χ4n) is 2.21. The van der Waals surface area contributed by atoms with Crippen molar-refractivity contribution >= 4 is 39.7 Å². The molecule has 0 bridgehead atoms. The molecule has 0 fully saturated rings. The Kier molecular flexibility index (Phi) is 4.39. The van der Waals surface area contributed by atoms with Gasteiger partial charge in [-0.1, -0.05) is 35.9 Å². The van der Waals surface area contributed by atoms with Crippen LogP contribution in [0.25, 0.3) is 10.9 Å². The Hall–Kier alpha value is -2.99. The van der Waals surface area contributed by atoms with Crippen LogP contribution >= 0.6 is 11.6 Å². The molecule has 1 heterocycles. The number of benzene rings is 2. The first-order chi connectivity index (χ1) is 11.5. The second-order valence-electron chi connectivity index (χ2n) is 5.12. The molecule has 0 aliphatic heterocycles. The van der Waals surface area contributed by atoms with Crippen LogP contribution in [-0.4, -0.2) is 15.6 Å². The van der Waals surface area contributed by atoms with Gasteiger partial charge in [0.1, 0.15) is 10.8 Å². The molecular formula is C17H13ClN4O2. The monoisotopic (exact) mass is 340 g/mol. The summed E-state index contributed by atoms with van der Waals surface area (Å²) < 4.78 is 0. The minimum absolute atomic E-state index is 0.0979. The number of nitrogens with zero attached hydrogens (tertiary/aromatic N) is 3. The van der Waals surface area contributed by atoms with E-state index in [9.17, 15) is 10.1 Å². The molecule has 0 unspecified atom stereocenters. The van der Waals surface area contributed by atoms with E-state index in [0.717, 1.165) is 10.9 Å². The van der Waals surface area contributed by atoms with Gasteiger partial charge in [-0.05, 0) is 31.2 Å². The maximum absolute atomic E-state index is 11.0. The second kappa shape index (κ2) is 6.64. The minimum atomic E-state index is -0.516. The molecule has 120 valence electrons. The van der Waals surface area contributed by atoms with Gasteiger partial charge in [-0.15, -0.1) is 0 Å². The highest BCUT2D eigenvalue weighted by Gasteiger charge is 2.13. The molecule has 0 amide bonds. The molecule has 0 spiro atoms. The maximum atomic E-state index is 11.0. The van der Waals surface area contributed by atoms with E-state index in [1.165, 1.54) is 12.1 Å². The standard InChI is InChI=1S/C17H13ClN4O2/c1-11(13-6-8-14(18)16(10-13)22(23)24)20-21-17-9-7-12-4-2-3-5-15(12)19-17/h2-10H,1H3,(H,19,21)/b20-11+. The largest absolute Gasteiger partial charge is 0.288 e. The van der Waals surface area contributed by atoms with Crippen LogP contribution < -0.4 is 5.43 Å². The molecule has 1 N–H and O–H groups in total. The lowest BCUT2D eigenvalue weighted by atomic mass is 10.1. The number of fused-ring (bicyclic) bond motifs is 1. The molecule has 0 radical (unpaired) electrons. The Labute approximate surface area is 142 Å². The van der Waals surface area contributed by atoms with E-state index in [-0.39, 0.29) is 10.7 Å². The SMILES string of the molecule is C/C(=N\Nc1ccc2ccccc2n1)c1ccc(Cl)c([N+](=O)[O-])c1. The summed E-state index contributed by atoms with van der Waals surface area (Å²) in [6.45, 7) is 1.75. The van der Waals surface area contributed by atoms with Gasteiger partial charge in [0, 0.05) is 17.0 Å². The fraction of sp³-hybridized carbons (Fsp3) is 0.0588. The van der Waals surface area contributed by atoms with Gasteiger partial charge in [0.15, 0.2) is 0 Å². The van der Waals surface area contributed by atoms with Gasteiger partial charge in [-0.25, -0.2) is 4.98 Å². The van der Waals surface area contributed by atoms with E-state index >= 15 is 0 Å². The average molecular weight is 341 g/mol. The summed E-state index contributed by atoms with van der Waals surface area (Å²) in [5.41, 5.74) is 4.78. The zero-order chi connectivity index (χ0) is 17.1. The van der Waals surface area contributed by atoms with Crippen molar-refractivity contribution in [1.29, 1.82) is 0 Å². The number of anilines is 1. The highest BCUT2D eigenvalue weighted by molar-refractivity contribution is 6.32. The highest BCUT2D eigenvalue weighted by Crippen LogP contribution is 2.25. The average Bonchev–Trinajstić information content (AvgIpc) is 2.59. The van der Waals surface area contributed by atoms with Crippen LogP contribution in [0.5, 0.6) is 0 Å². The zero-order valence-corrected chi connectivity index (χ0v) is 13.5. The predicted octanol–water partition coefficient (Wildman–Crippen LogP) is 4.63. The van der Waals surface area contributed by atoms with Gasteiger partial charge in [0.05, 0.1) is 16.2 Å². The Morgan fingerprint density at radius 2 is 2.00 bits per heavy atom. The number of para-hydroxylation sites is 1. The van der Waals surface area contributed by atoms with Crippen molar-refractivity contribution < 1.29 is 4.92 Å². The summed E-state index contributed by atoms with van der Waals surface area (Å²) in [5, 5.41) is 16.3. The van der Waals surface area contributed by atoms with E-state index in [0.29, 0.717) is 17.1 Å². The van der Waals surface area contributed by atoms with E-state index in [2.05, 4.69) is 15.5 Å². The zero-order valence-electron chi connectivity index (χ0n) is 12.7. The fourth-order valence-corrected chi connectivity index (χ4v) is 2.40. The first-order valence-electron chi connectivity index (χ1n) is 7.15. The van der Waals surface area contributed by atoms with Gasteiger partial charge in [0.2, 0.25) is 0 Å². The van der Waals surface area contributed by atoms with Crippen molar-refractivity contribution in [2.45, 2.75) is 6.92 Å². The van der Waals surface area contributed by atoms with E-state index < -0.39 is 4.92 Å². The third kappa shape index (κ3) is 3.33. The van der Waals surface area contributed by atoms with Crippen molar-refractivity contribution in [3.8, 4) is 0 Å².